The highest BCUT2D eigenvalue weighted by Gasteiger charge is 2.37. The number of alkyl halides is 3. The highest BCUT2D eigenvalue weighted by molar-refractivity contribution is 6.74. The SMILES string of the molecule is CC(C)(C)[Si](C)(C)OCCNc1ccc2cc(-c3ccccc3C(F)(F)F)[nH]c(=O)c2c1. The summed E-state index contributed by atoms with van der Waals surface area (Å²) in [5.74, 6) is 0. The lowest BCUT2D eigenvalue weighted by Gasteiger charge is -2.36. The van der Waals surface area contributed by atoms with Crippen molar-refractivity contribution >= 4 is 24.8 Å². The number of pyridine rings is 1. The molecule has 0 fully saturated rings. The summed E-state index contributed by atoms with van der Waals surface area (Å²) in [7, 11) is -1.83. The molecule has 2 N–H and O–H groups in total. The van der Waals surface area contributed by atoms with E-state index in [2.05, 4.69) is 44.2 Å². The fourth-order valence-corrected chi connectivity index (χ4v) is 4.24. The number of fused-ring (bicyclic) bond motifs is 1. The second kappa shape index (κ2) is 8.75. The van der Waals surface area contributed by atoms with Gasteiger partial charge in [0.25, 0.3) is 5.56 Å². The van der Waals surface area contributed by atoms with Crippen LogP contribution in [0.2, 0.25) is 18.1 Å². The van der Waals surface area contributed by atoms with Gasteiger partial charge in [0, 0.05) is 28.9 Å². The Morgan fingerprint density at radius 3 is 2.38 bits per heavy atom. The molecule has 8 heteroatoms. The van der Waals surface area contributed by atoms with Crippen LogP contribution in [0.25, 0.3) is 22.0 Å². The summed E-state index contributed by atoms with van der Waals surface area (Å²) in [4.78, 5) is 15.3. The second-order valence-electron chi connectivity index (χ2n) is 9.39. The van der Waals surface area contributed by atoms with Crippen molar-refractivity contribution in [1.29, 1.82) is 0 Å². The Morgan fingerprint density at radius 1 is 1.03 bits per heavy atom. The molecule has 0 unspecified atom stereocenters. The van der Waals surface area contributed by atoms with E-state index in [1.807, 2.05) is 6.07 Å². The van der Waals surface area contributed by atoms with Crippen molar-refractivity contribution in [2.45, 2.75) is 45.1 Å². The summed E-state index contributed by atoms with van der Waals surface area (Å²) in [6.07, 6.45) is -4.51. The Kier molecular flexibility index (Phi) is 6.58. The summed E-state index contributed by atoms with van der Waals surface area (Å²) in [5, 5.41) is 4.37. The summed E-state index contributed by atoms with van der Waals surface area (Å²) in [6, 6.07) is 12.1. The van der Waals surface area contributed by atoms with Gasteiger partial charge in [0.15, 0.2) is 8.32 Å². The fraction of sp³-hybridized carbons (Fsp3) is 0.375. The normalized spacial score (nSPS) is 12.9. The first kappa shape index (κ1) is 24.1. The minimum atomic E-state index is -4.51. The molecule has 3 aromatic rings. The van der Waals surface area contributed by atoms with E-state index < -0.39 is 25.6 Å². The predicted octanol–water partition coefficient (Wildman–Crippen LogP) is 6.65. The van der Waals surface area contributed by atoms with Crippen molar-refractivity contribution in [1.82, 2.24) is 4.98 Å². The van der Waals surface area contributed by atoms with Crippen LogP contribution in [0.5, 0.6) is 0 Å². The van der Waals surface area contributed by atoms with Crippen molar-refractivity contribution < 1.29 is 17.6 Å². The number of anilines is 1. The first-order valence-corrected chi connectivity index (χ1v) is 13.4. The molecule has 3 rings (SSSR count). The van der Waals surface area contributed by atoms with Crippen molar-refractivity contribution in [2.75, 3.05) is 18.5 Å². The molecule has 172 valence electrons. The zero-order valence-electron chi connectivity index (χ0n) is 19.0. The minimum absolute atomic E-state index is 0.0519. The van der Waals surface area contributed by atoms with E-state index >= 15 is 0 Å². The zero-order chi connectivity index (χ0) is 23.7. The van der Waals surface area contributed by atoms with Gasteiger partial charge >= 0.3 is 6.18 Å². The number of hydrogen-bond acceptors (Lipinski definition) is 3. The number of aromatic nitrogens is 1. The molecule has 0 aliphatic heterocycles. The molecule has 0 amide bonds. The van der Waals surface area contributed by atoms with Crippen molar-refractivity contribution in [3.63, 3.8) is 0 Å². The molecule has 0 saturated heterocycles. The lowest BCUT2D eigenvalue weighted by Crippen LogP contribution is -2.41. The Bertz CT molecular complexity index is 1160. The number of hydrogen-bond donors (Lipinski definition) is 2. The molecule has 0 spiro atoms. The maximum Gasteiger partial charge on any atom is 0.417 e. The monoisotopic (exact) mass is 462 g/mol. The van der Waals surface area contributed by atoms with Crippen molar-refractivity contribution in [3.8, 4) is 11.3 Å². The first-order valence-electron chi connectivity index (χ1n) is 10.5. The van der Waals surface area contributed by atoms with E-state index in [1.54, 1.807) is 18.2 Å². The van der Waals surface area contributed by atoms with Gasteiger partial charge in [-0.1, -0.05) is 45.0 Å². The molecular formula is C24H29F3N2O2Si. The topological polar surface area (TPSA) is 54.1 Å². The Hall–Kier alpha value is -2.58. The molecule has 4 nitrogen and oxygen atoms in total. The third kappa shape index (κ3) is 5.24. The van der Waals surface area contributed by atoms with E-state index in [-0.39, 0.29) is 16.3 Å². The Labute approximate surface area is 187 Å². The third-order valence-corrected chi connectivity index (χ3v) is 10.6. The van der Waals surface area contributed by atoms with E-state index in [0.717, 1.165) is 11.8 Å². The predicted molar refractivity (Wildman–Crippen MR) is 127 cm³/mol. The Morgan fingerprint density at radius 2 is 1.72 bits per heavy atom. The van der Waals surface area contributed by atoms with Crippen LogP contribution in [-0.2, 0) is 10.6 Å². The van der Waals surface area contributed by atoms with Crippen LogP contribution in [0.3, 0.4) is 0 Å². The molecule has 1 heterocycles. The number of H-pyrrole nitrogens is 1. The highest BCUT2D eigenvalue weighted by Crippen LogP contribution is 2.37. The van der Waals surface area contributed by atoms with Crippen molar-refractivity contribution in [3.05, 3.63) is 64.4 Å². The van der Waals surface area contributed by atoms with E-state index in [1.165, 1.54) is 18.2 Å². The van der Waals surface area contributed by atoms with Crippen molar-refractivity contribution in [2.24, 2.45) is 0 Å². The second-order valence-corrected chi connectivity index (χ2v) is 14.2. The van der Waals surface area contributed by atoms with E-state index in [0.29, 0.717) is 23.9 Å². The van der Waals surface area contributed by atoms with Gasteiger partial charge in [-0.15, -0.1) is 0 Å². The summed E-state index contributed by atoms with van der Waals surface area (Å²) in [5.41, 5.74) is -0.376. The summed E-state index contributed by atoms with van der Waals surface area (Å²) >= 11 is 0. The van der Waals surface area contributed by atoms with Crippen LogP contribution in [-0.4, -0.2) is 26.5 Å². The fourth-order valence-electron chi connectivity index (χ4n) is 3.20. The van der Waals surface area contributed by atoms with Gasteiger partial charge < -0.3 is 14.7 Å². The van der Waals surface area contributed by atoms with Gasteiger partial charge in [-0.05, 0) is 47.8 Å². The highest BCUT2D eigenvalue weighted by atomic mass is 28.4. The maximum absolute atomic E-state index is 13.4. The van der Waals surface area contributed by atoms with Gasteiger partial charge in [-0.2, -0.15) is 13.2 Å². The van der Waals surface area contributed by atoms with Crippen LogP contribution in [0, 0.1) is 0 Å². The number of rotatable bonds is 6. The van der Waals surface area contributed by atoms with Gasteiger partial charge in [-0.3, -0.25) is 4.79 Å². The molecular weight excluding hydrogens is 433 g/mol. The average molecular weight is 463 g/mol. The van der Waals surface area contributed by atoms with E-state index in [4.69, 9.17) is 4.43 Å². The smallest absolute Gasteiger partial charge is 0.415 e. The standard InChI is InChI=1S/C24H29F3N2O2Si/c1-23(2,3)32(4,5)31-13-12-28-17-11-10-16-14-21(29-22(30)19(16)15-17)18-8-6-7-9-20(18)24(25,26)27/h6-11,14-15,28H,12-13H2,1-5H3,(H,29,30). The number of aromatic amines is 1. The lowest BCUT2D eigenvalue weighted by molar-refractivity contribution is -0.137. The van der Waals surface area contributed by atoms with Crippen LogP contribution >= 0.6 is 0 Å². The number of benzene rings is 2. The quantitative estimate of drug-likeness (QED) is 0.319. The van der Waals surface area contributed by atoms with Crippen LogP contribution in [0.1, 0.15) is 26.3 Å². The van der Waals surface area contributed by atoms with Gasteiger partial charge in [0.05, 0.1) is 12.2 Å². The van der Waals surface area contributed by atoms with Gasteiger partial charge in [0.2, 0.25) is 0 Å². The molecule has 0 bridgehead atoms. The molecule has 2 aromatic carbocycles. The van der Waals surface area contributed by atoms with Gasteiger partial charge in [0.1, 0.15) is 0 Å². The number of nitrogens with one attached hydrogen (secondary N) is 2. The molecule has 0 saturated carbocycles. The molecule has 1 aromatic heterocycles. The van der Waals surface area contributed by atoms with E-state index in [9.17, 15) is 18.0 Å². The molecule has 0 atom stereocenters. The third-order valence-electron chi connectivity index (χ3n) is 6.07. The lowest BCUT2D eigenvalue weighted by atomic mass is 10.0. The maximum atomic E-state index is 13.4. The molecule has 0 aliphatic carbocycles. The van der Waals surface area contributed by atoms with Gasteiger partial charge in [-0.25, -0.2) is 0 Å². The molecule has 0 aliphatic rings. The number of halogens is 3. The Balaban J connectivity index is 1.81. The zero-order valence-corrected chi connectivity index (χ0v) is 20.0. The minimum Gasteiger partial charge on any atom is -0.415 e. The molecule has 32 heavy (non-hydrogen) atoms. The van der Waals surface area contributed by atoms with Crippen LogP contribution in [0.15, 0.2) is 53.3 Å². The first-order chi connectivity index (χ1) is 14.8. The average Bonchev–Trinajstić information content (AvgIpc) is 2.70. The summed E-state index contributed by atoms with van der Waals surface area (Å²) in [6.45, 7) is 12.1. The van der Waals surface area contributed by atoms with Crippen LogP contribution in [0.4, 0.5) is 18.9 Å². The summed E-state index contributed by atoms with van der Waals surface area (Å²) < 4.78 is 46.3. The van der Waals surface area contributed by atoms with Crippen LogP contribution < -0.4 is 10.9 Å². The molecule has 0 radical (unpaired) electrons. The largest absolute Gasteiger partial charge is 0.417 e.